The smallest absolute Gasteiger partial charge is 0.407 e. The van der Waals surface area contributed by atoms with E-state index in [0.29, 0.717) is 6.42 Å². The van der Waals surface area contributed by atoms with E-state index in [1.54, 1.807) is 20.8 Å². The predicted octanol–water partition coefficient (Wildman–Crippen LogP) is 1.14. The third kappa shape index (κ3) is 7.60. The van der Waals surface area contributed by atoms with Crippen LogP contribution in [0, 0.1) is 5.82 Å². The minimum absolute atomic E-state index is 0.0149. The summed E-state index contributed by atoms with van der Waals surface area (Å²) in [7, 11) is 4.30. The second-order valence-electron chi connectivity index (χ2n) is 11.1. The van der Waals surface area contributed by atoms with Gasteiger partial charge >= 0.3 is 6.09 Å². The van der Waals surface area contributed by atoms with E-state index in [-0.39, 0.29) is 55.7 Å². The van der Waals surface area contributed by atoms with Crippen molar-refractivity contribution in [3.05, 3.63) is 29.6 Å². The molecule has 2 heterocycles. The van der Waals surface area contributed by atoms with Crippen LogP contribution >= 0.6 is 0 Å². The maximum Gasteiger partial charge on any atom is 0.407 e. The highest BCUT2D eigenvalue weighted by molar-refractivity contribution is 5.99. The quantitative estimate of drug-likeness (QED) is 0.551. The maximum absolute atomic E-state index is 14.2. The number of hydrogen-bond donors (Lipinski definition) is 2. The van der Waals surface area contributed by atoms with Gasteiger partial charge in [0.2, 0.25) is 17.7 Å². The average molecular weight is 564 g/mol. The third-order valence-corrected chi connectivity index (χ3v) is 6.83. The van der Waals surface area contributed by atoms with E-state index in [9.17, 15) is 28.4 Å². The van der Waals surface area contributed by atoms with Crippen molar-refractivity contribution in [2.24, 2.45) is 0 Å². The number of carbonyl (C=O) groups excluding carboxylic acids is 5. The first-order valence-electron chi connectivity index (χ1n) is 13.1. The van der Waals surface area contributed by atoms with Gasteiger partial charge < -0.3 is 34.8 Å². The van der Waals surface area contributed by atoms with Gasteiger partial charge in [-0.1, -0.05) is 0 Å². The van der Waals surface area contributed by atoms with E-state index in [2.05, 4.69) is 10.6 Å². The van der Waals surface area contributed by atoms with E-state index in [1.165, 1.54) is 37.0 Å². The lowest BCUT2D eigenvalue weighted by Gasteiger charge is -2.28. The summed E-state index contributed by atoms with van der Waals surface area (Å²) in [5.74, 6) is -2.50. The van der Waals surface area contributed by atoms with Crippen molar-refractivity contribution in [2.75, 3.05) is 40.8 Å². The van der Waals surface area contributed by atoms with E-state index in [4.69, 9.17) is 9.47 Å². The fourth-order valence-corrected chi connectivity index (χ4v) is 4.77. The summed E-state index contributed by atoms with van der Waals surface area (Å²) in [5.41, 5.74) is -0.807. The molecular formula is C27H38FN5O7. The number of rotatable bonds is 2. The monoisotopic (exact) mass is 563 g/mol. The molecule has 13 heteroatoms. The number of ether oxygens (including phenoxy) is 2. The molecular weight excluding hydrogens is 525 g/mol. The van der Waals surface area contributed by atoms with Gasteiger partial charge in [-0.3, -0.25) is 19.2 Å². The van der Waals surface area contributed by atoms with Gasteiger partial charge in [-0.15, -0.1) is 0 Å². The number of amides is 5. The normalized spacial score (nSPS) is 22.9. The highest BCUT2D eigenvalue weighted by atomic mass is 19.1. The highest BCUT2D eigenvalue weighted by Crippen LogP contribution is 2.26. The molecule has 1 aromatic rings. The molecule has 3 rings (SSSR count). The molecule has 1 fully saturated rings. The number of carbonyl (C=O) groups is 5. The SMILES string of the molecule is CNC(=O)[C@@H]1CCC(=O)N(C)CC(=O)N2C[C@@H](NC(=O)OC(C)(C)C)C[C@H]2COc2ccc(F)cc2C(=O)N1C. The van der Waals surface area contributed by atoms with E-state index < -0.39 is 47.5 Å². The molecule has 2 N–H and O–H groups in total. The Kier molecular flexibility index (Phi) is 9.59. The molecule has 0 bridgehead atoms. The third-order valence-electron chi connectivity index (χ3n) is 6.83. The number of hydrogen-bond acceptors (Lipinski definition) is 7. The molecule has 3 atom stereocenters. The zero-order chi connectivity index (χ0) is 29.8. The lowest BCUT2D eigenvalue weighted by molar-refractivity contribution is -0.140. The van der Waals surface area contributed by atoms with Gasteiger partial charge in [-0.25, -0.2) is 9.18 Å². The fourth-order valence-electron chi connectivity index (χ4n) is 4.77. The topological polar surface area (TPSA) is 138 Å². The highest BCUT2D eigenvalue weighted by Gasteiger charge is 2.38. The average Bonchev–Trinajstić information content (AvgIpc) is 3.27. The lowest BCUT2D eigenvalue weighted by Crippen LogP contribution is -2.48. The largest absolute Gasteiger partial charge is 0.491 e. The molecule has 0 radical (unpaired) electrons. The van der Waals surface area contributed by atoms with Crippen LogP contribution in [0.5, 0.6) is 5.75 Å². The summed E-state index contributed by atoms with van der Waals surface area (Å²) in [5, 5.41) is 5.27. The van der Waals surface area contributed by atoms with Gasteiger partial charge in [-0.05, 0) is 51.8 Å². The predicted molar refractivity (Wildman–Crippen MR) is 142 cm³/mol. The van der Waals surface area contributed by atoms with Crippen molar-refractivity contribution in [1.82, 2.24) is 25.3 Å². The van der Waals surface area contributed by atoms with Crippen LogP contribution in [0.4, 0.5) is 9.18 Å². The van der Waals surface area contributed by atoms with Gasteiger partial charge in [0.1, 0.15) is 29.8 Å². The summed E-state index contributed by atoms with van der Waals surface area (Å²) in [6, 6.07) is 1.50. The molecule has 0 aliphatic carbocycles. The Morgan fingerprint density at radius 3 is 2.48 bits per heavy atom. The van der Waals surface area contributed by atoms with E-state index in [1.807, 2.05) is 0 Å². The van der Waals surface area contributed by atoms with E-state index in [0.717, 1.165) is 17.0 Å². The van der Waals surface area contributed by atoms with Gasteiger partial charge in [0.05, 0.1) is 24.2 Å². The van der Waals surface area contributed by atoms with Gasteiger partial charge in [-0.2, -0.15) is 0 Å². The standard InChI is InChI=1S/C27H38FN5O7/c1-27(2,3)40-26(38)30-17-12-18-15-39-21-9-7-16(28)11-19(21)25(37)32(6)20(24(36)29-4)8-10-22(34)31(5)14-23(35)33(18)13-17/h7,9,11,17-18,20H,8,10,12-15H2,1-6H3,(H,29,36)(H,30,38)/t17-,18-,20-/m0/s1. The molecule has 1 aromatic carbocycles. The number of nitrogens with zero attached hydrogens (tertiary/aromatic N) is 3. The van der Waals surface area contributed by atoms with Crippen LogP contribution in [0.2, 0.25) is 0 Å². The number of likely N-dealkylation sites (N-methyl/N-ethyl adjacent to an activating group) is 3. The summed E-state index contributed by atoms with van der Waals surface area (Å²) >= 11 is 0. The second-order valence-corrected chi connectivity index (χ2v) is 11.1. The number of fused-ring (bicyclic) bond motifs is 2. The molecule has 5 amide bonds. The zero-order valence-electron chi connectivity index (χ0n) is 23.8. The first-order chi connectivity index (χ1) is 18.7. The van der Waals surface area contributed by atoms with Crippen LogP contribution in [0.25, 0.3) is 0 Å². The maximum atomic E-state index is 14.2. The van der Waals surface area contributed by atoms with Crippen LogP contribution in [-0.4, -0.2) is 109 Å². The van der Waals surface area contributed by atoms with E-state index >= 15 is 0 Å². The molecule has 0 saturated carbocycles. The van der Waals surface area contributed by atoms with Crippen molar-refractivity contribution in [3.63, 3.8) is 0 Å². The molecule has 40 heavy (non-hydrogen) atoms. The number of nitrogens with one attached hydrogen (secondary N) is 2. The minimum atomic E-state index is -1.02. The van der Waals surface area contributed by atoms with Crippen molar-refractivity contribution in [3.8, 4) is 5.75 Å². The summed E-state index contributed by atoms with van der Waals surface area (Å²) < 4.78 is 25.6. The first kappa shape index (κ1) is 30.6. The minimum Gasteiger partial charge on any atom is -0.491 e. The van der Waals surface area contributed by atoms with Crippen LogP contribution in [0.1, 0.15) is 50.4 Å². The molecule has 0 spiro atoms. The second kappa shape index (κ2) is 12.5. The van der Waals surface area contributed by atoms with Gasteiger partial charge in [0.25, 0.3) is 5.91 Å². The Hall–Kier alpha value is -3.90. The van der Waals surface area contributed by atoms with Crippen molar-refractivity contribution < 1.29 is 37.8 Å². The summed E-state index contributed by atoms with van der Waals surface area (Å²) in [4.78, 5) is 68.6. The van der Waals surface area contributed by atoms with Gasteiger partial charge in [0.15, 0.2) is 0 Å². The van der Waals surface area contributed by atoms with Crippen molar-refractivity contribution in [2.45, 2.75) is 63.8 Å². The van der Waals surface area contributed by atoms with Crippen LogP contribution in [0.15, 0.2) is 18.2 Å². The number of benzene rings is 1. The Balaban J connectivity index is 1.93. The Morgan fingerprint density at radius 2 is 1.82 bits per heavy atom. The molecule has 2 aliphatic heterocycles. The van der Waals surface area contributed by atoms with Crippen molar-refractivity contribution in [1.29, 1.82) is 0 Å². The lowest BCUT2D eigenvalue weighted by atomic mass is 10.1. The van der Waals surface area contributed by atoms with Crippen LogP contribution < -0.4 is 15.4 Å². The molecule has 2 aliphatic rings. The Bertz CT molecular complexity index is 1150. The molecule has 0 aromatic heterocycles. The van der Waals surface area contributed by atoms with Crippen LogP contribution in [-0.2, 0) is 19.1 Å². The molecule has 12 nitrogen and oxygen atoms in total. The van der Waals surface area contributed by atoms with Gasteiger partial charge in [0, 0.05) is 34.1 Å². The summed E-state index contributed by atoms with van der Waals surface area (Å²) in [6.07, 6.45) is -0.427. The molecule has 1 saturated heterocycles. The number of halogens is 1. The Labute approximate surface area is 233 Å². The van der Waals surface area contributed by atoms with Crippen molar-refractivity contribution >= 4 is 29.7 Å². The first-order valence-corrected chi connectivity index (χ1v) is 13.1. The van der Waals surface area contributed by atoms with Crippen LogP contribution in [0.3, 0.4) is 0 Å². The zero-order valence-corrected chi connectivity index (χ0v) is 23.8. The molecule has 220 valence electrons. The Morgan fingerprint density at radius 1 is 1.12 bits per heavy atom. The fraction of sp³-hybridized carbons (Fsp3) is 0.593. The summed E-state index contributed by atoms with van der Waals surface area (Å²) in [6.45, 7) is 5.09. The molecule has 0 unspecified atom stereocenters. The number of alkyl carbamates (subject to hydrolysis) is 1.